The van der Waals surface area contributed by atoms with E-state index in [1.807, 2.05) is 0 Å². The van der Waals surface area contributed by atoms with E-state index < -0.39 is 0 Å². The molecule has 1 aliphatic heterocycles. The van der Waals surface area contributed by atoms with Crippen molar-refractivity contribution in [2.45, 2.75) is 43.8 Å². The normalized spacial score (nSPS) is 29.7. The third kappa shape index (κ3) is 2.62. The van der Waals surface area contributed by atoms with E-state index in [2.05, 4.69) is 10.0 Å². The molecule has 0 N–H and O–H groups in total. The van der Waals surface area contributed by atoms with E-state index in [1.54, 1.807) is 0 Å². The van der Waals surface area contributed by atoms with Crippen molar-refractivity contribution in [1.82, 2.24) is 0 Å². The van der Waals surface area contributed by atoms with Gasteiger partial charge in [0.1, 0.15) is 0 Å². The summed E-state index contributed by atoms with van der Waals surface area (Å²) >= 11 is 0. The van der Waals surface area contributed by atoms with Crippen LogP contribution < -0.4 is 0 Å². The molecule has 0 aromatic carbocycles. The summed E-state index contributed by atoms with van der Waals surface area (Å²) in [6.07, 6.45) is 5.86. The van der Waals surface area contributed by atoms with Crippen molar-refractivity contribution < 1.29 is 9.47 Å². The zero-order valence-corrected chi connectivity index (χ0v) is 8.89. The summed E-state index contributed by atoms with van der Waals surface area (Å²) in [6.45, 7) is 1.65. The van der Waals surface area contributed by atoms with E-state index in [4.69, 9.17) is 15.0 Å². The molecule has 2 fully saturated rings. The van der Waals surface area contributed by atoms with Crippen LogP contribution in [0.5, 0.6) is 0 Å². The first kappa shape index (κ1) is 10.7. The maximum absolute atomic E-state index is 8.26. The maximum Gasteiger partial charge on any atom is 0.0919 e. The summed E-state index contributed by atoms with van der Waals surface area (Å²) in [4.78, 5) is 2.75. The molecule has 1 unspecified atom stereocenters. The minimum Gasteiger partial charge on any atom is -0.376 e. The van der Waals surface area contributed by atoms with Gasteiger partial charge in [0.15, 0.2) is 0 Å². The molecule has 0 radical (unpaired) electrons. The first-order valence-corrected chi connectivity index (χ1v) is 5.61. The Bertz CT molecular complexity index is 252. The summed E-state index contributed by atoms with van der Waals surface area (Å²) in [5, 5.41) is 3.55. The molecule has 5 nitrogen and oxygen atoms in total. The Morgan fingerprint density at radius 1 is 1.33 bits per heavy atom. The molecule has 2 aliphatic rings. The molecular formula is C10H17N3O2. The van der Waals surface area contributed by atoms with Crippen LogP contribution in [0, 0.1) is 0 Å². The molecule has 0 aromatic rings. The summed E-state index contributed by atoms with van der Waals surface area (Å²) in [7, 11) is 0. The van der Waals surface area contributed by atoms with Crippen molar-refractivity contribution in [3.63, 3.8) is 0 Å². The number of hydrogen-bond acceptors (Lipinski definition) is 3. The van der Waals surface area contributed by atoms with Crippen molar-refractivity contribution in [3.05, 3.63) is 10.4 Å². The lowest BCUT2D eigenvalue weighted by atomic mass is 9.84. The molecule has 0 bridgehead atoms. The van der Waals surface area contributed by atoms with Gasteiger partial charge in [0.25, 0.3) is 0 Å². The highest BCUT2D eigenvalue weighted by molar-refractivity contribution is 4.88. The van der Waals surface area contributed by atoms with E-state index in [0.717, 1.165) is 12.8 Å². The Kier molecular flexibility index (Phi) is 3.46. The Morgan fingerprint density at radius 3 is 2.87 bits per heavy atom. The van der Waals surface area contributed by atoms with Gasteiger partial charge in [-0.1, -0.05) is 24.4 Å². The summed E-state index contributed by atoms with van der Waals surface area (Å²) in [5.74, 6) is 0. The van der Waals surface area contributed by atoms with Gasteiger partial charge in [-0.3, -0.25) is 0 Å². The molecule has 0 amide bonds. The molecule has 84 valence electrons. The van der Waals surface area contributed by atoms with Gasteiger partial charge >= 0.3 is 0 Å². The lowest BCUT2D eigenvalue weighted by Gasteiger charge is -2.43. The standard InChI is InChI=1S/C10H17N3O2/c11-13-12-6-9-7-14-8-10(15-9)4-2-1-3-5-10/h9H,1-8H2. The fourth-order valence-electron chi connectivity index (χ4n) is 2.47. The Hall–Kier alpha value is -0.770. The molecule has 5 heteroatoms. The number of rotatable bonds is 2. The van der Waals surface area contributed by atoms with Crippen molar-refractivity contribution in [2.24, 2.45) is 5.11 Å². The van der Waals surface area contributed by atoms with Crippen molar-refractivity contribution in [1.29, 1.82) is 0 Å². The molecule has 1 aliphatic carbocycles. The van der Waals surface area contributed by atoms with Crippen LogP contribution in [0.15, 0.2) is 5.11 Å². The molecule has 0 aromatic heterocycles. The average Bonchev–Trinajstić information content (AvgIpc) is 2.28. The predicted octanol–water partition coefficient (Wildman–Crippen LogP) is 2.42. The molecule has 1 saturated heterocycles. The molecule has 15 heavy (non-hydrogen) atoms. The zero-order chi connectivity index (χ0) is 10.6. The number of hydrogen-bond donors (Lipinski definition) is 0. The van der Waals surface area contributed by atoms with E-state index in [-0.39, 0.29) is 11.7 Å². The minimum absolute atomic E-state index is 0.0484. The highest BCUT2D eigenvalue weighted by Gasteiger charge is 2.38. The maximum atomic E-state index is 8.26. The number of nitrogens with zero attached hydrogens (tertiary/aromatic N) is 3. The third-order valence-corrected chi connectivity index (χ3v) is 3.20. The fraction of sp³-hybridized carbons (Fsp3) is 1.00. The van der Waals surface area contributed by atoms with Crippen molar-refractivity contribution in [2.75, 3.05) is 19.8 Å². The van der Waals surface area contributed by atoms with Crippen LogP contribution in [-0.4, -0.2) is 31.5 Å². The fourth-order valence-corrected chi connectivity index (χ4v) is 2.47. The third-order valence-electron chi connectivity index (χ3n) is 3.20. The Labute approximate surface area is 89.4 Å². The topological polar surface area (TPSA) is 67.2 Å². The van der Waals surface area contributed by atoms with Gasteiger partial charge in [0.2, 0.25) is 0 Å². The summed E-state index contributed by atoms with van der Waals surface area (Å²) in [5.41, 5.74) is 8.18. The lowest BCUT2D eigenvalue weighted by molar-refractivity contribution is -0.206. The molecule has 2 rings (SSSR count). The van der Waals surface area contributed by atoms with Crippen LogP contribution in [-0.2, 0) is 9.47 Å². The van der Waals surface area contributed by atoms with Crippen molar-refractivity contribution in [3.8, 4) is 0 Å². The van der Waals surface area contributed by atoms with E-state index >= 15 is 0 Å². The first-order chi connectivity index (χ1) is 7.35. The van der Waals surface area contributed by atoms with E-state index in [9.17, 15) is 0 Å². The van der Waals surface area contributed by atoms with Crippen LogP contribution in [0.1, 0.15) is 32.1 Å². The summed E-state index contributed by atoms with van der Waals surface area (Å²) < 4.78 is 11.6. The highest BCUT2D eigenvalue weighted by atomic mass is 16.6. The SMILES string of the molecule is [N-]=[N+]=NCC1COCC2(CCCCC2)O1. The number of ether oxygens (including phenoxy) is 2. The van der Waals surface area contributed by atoms with Crippen LogP contribution in [0.2, 0.25) is 0 Å². The van der Waals surface area contributed by atoms with Gasteiger partial charge in [-0.05, 0) is 18.4 Å². The molecule has 1 spiro atoms. The Balaban J connectivity index is 1.92. The smallest absolute Gasteiger partial charge is 0.0919 e. The zero-order valence-electron chi connectivity index (χ0n) is 8.89. The van der Waals surface area contributed by atoms with Gasteiger partial charge in [0, 0.05) is 4.91 Å². The monoisotopic (exact) mass is 211 g/mol. The van der Waals surface area contributed by atoms with Crippen LogP contribution in [0.4, 0.5) is 0 Å². The quantitative estimate of drug-likeness (QED) is 0.400. The van der Waals surface area contributed by atoms with Crippen LogP contribution in [0.25, 0.3) is 10.4 Å². The van der Waals surface area contributed by atoms with Gasteiger partial charge in [-0.25, -0.2) is 0 Å². The minimum atomic E-state index is -0.0772. The van der Waals surface area contributed by atoms with Crippen LogP contribution >= 0.6 is 0 Å². The van der Waals surface area contributed by atoms with Gasteiger partial charge in [-0.2, -0.15) is 0 Å². The highest BCUT2D eigenvalue weighted by Crippen LogP contribution is 2.35. The van der Waals surface area contributed by atoms with Gasteiger partial charge in [-0.15, -0.1) is 0 Å². The van der Waals surface area contributed by atoms with E-state index in [0.29, 0.717) is 19.8 Å². The van der Waals surface area contributed by atoms with Gasteiger partial charge < -0.3 is 9.47 Å². The second-order valence-electron chi connectivity index (χ2n) is 4.41. The lowest BCUT2D eigenvalue weighted by Crippen LogP contribution is -2.49. The molecule has 1 saturated carbocycles. The Morgan fingerprint density at radius 2 is 2.13 bits per heavy atom. The van der Waals surface area contributed by atoms with Crippen LogP contribution in [0.3, 0.4) is 0 Å². The second kappa shape index (κ2) is 4.84. The number of azide groups is 1. The largest absolute Gasteiger partial charge is 0.376 e. The summed E-state index contributed by atoms with van der Waals surface area (Å²) in [6, 6.07) is 0. The van der Waals surface area contributed by atoms with E-state index in [1.165, 1.54) is 19.3 Å². The molecule has 1 atom stereocenters. The van der Waals surface area contributed by atoms with Gasteiger partial charge in [0.05, 0.1) is 31.5 Å². The molecule has 1 heterocycles. The first-order valence-electron chi connectivity index (χ1n) is 5.61. The van der Waals surface area contributed by atoms with Crippen molar-refractivity contribution >= 4 is 0 Å². The average molecular weight is 211 g/mol. The second-order valence-corrected chi connectivity index (χ2v) is 4.41. The molecular weight excluding hydrogens is 194 g/mol. The predicted molar refractivity (Wildman–Crippen MR) is 55.5 cm³/mol.